The summed E-state index contributed by atoms with van der Waals surface area (Å²) >= 11 is 0. The lowest BCUT2D eigenvalue weighted by Gasteiger charge is -2.11. The molecule has 0 unspecified atom stereocenters. The molecule has 0 saturated heterocycles. The van der Waals surface area contributed by atoms with Crippen LogP contribution in [0.5, 0.6) is 0 Å². The van der Waals surface area contributed by atoms with Crippen molar-refractivity contribution in [3.63, 3.8) is 0 Å². The molecule has 5 rings (SSSR count). The first-order chi connectivity index (χ1) is 13.6. The monoisotopic (exact) mass is 367 g/mol. The number of hydrogen-bond donors (Lipinski definition) is 2. The maximum Gasteiger partial charge on any atom is 0.191 e. The van der Waals surface area contributed by atoms with Crippen LogP contribution in [-0.2, 0) is 0 Å². The summed E-state index contributed by atoms with van der Waals surface area (Å²) < 4.78 is 1.58. The van der Waals surface area contributed by atoms with Gasteiger partial charge in [0.05, 0.1) is 34.6 Å². The van der Waals surface area contributed by atoms with Gasteiger partial charge in [0.25, 0.3) is 0 Å². The molecule has 134 valence electrons. The smallest absolute Gasteiger partial charge is 0.191 e. The van der Waals surface area contributed by atoms with E-state index in [0.717, 1.165) is 22.0 Å². The first-order valence-corrected chi connectivity index (χ1v) is 8.57. The first-order valence-electron chi connectivity index (χ1n) is 8.57. The second-order valence-corrected chi connectivity index (χ2v) is 6.45. The van der Waals surface area contributed by atoms with E-state index in [9.17, 15) is 10.1 Å². The van der Waals surface area contributed by atoms with Gasteiger partial charge in [0.1, 0.15) is 11.7 Å². The molecule has 0 bridgehead atoms. The van der Waals surface area contributed by atoms with Crippen LogP contribution in [0.4, 0.5) is 0 Å². The van der Waals surface area contributed by atoms with Crippen LogP contribution in [0.2, 0.25) is 0 Å². The summed E-state index contributed by atoms with van der Waals surface area (Å²) in [4.78, 5) is 20.0. The zero-order valence-corrected chi connectivity index (χ0v) is 14.8. The normalized spacial score (nSPS) is 11.1. The molecular weight excluding hydrogens is 354 g/mol. The van der Waals surface area contributed by atoms with E-state index in [-0.39, 0.29) is 5.43 Å². The fourth-order valence-corrected chi connectivity index (χ4v) is 3.26. The molecule has 0 aliphatic heterocycles. The second-order valence-electron chi connectivity index (χ2n) is 6.45. The van der Waals surface area contributed by atoms with Gasteiger partial charge in [0.2, 0.25) is 0 Å². The molecule has 8 heteroatoms. The van der Waals surface area contributed by atoms with Crippen LogP contribution in [0.3, 0.4) is 0 Å². The van der Waals surface area contributed by atoms with Crippen LogP contribution in [-0.4, -0.2) is 29.9 Å². The largest absolute Gasteiger partial charge is 0.346 e. The van der Waals surface area contributed by atoms with Crippen LogP contribution in [0.1, 0.15) is 11.3 Å². The van der Waals surface area contributed by atoms with E-state index in [1.807, 2.05) is 18.2 Å². The summed E-state index contributed by atoms with van der Waals surface area (Å²) in [5.74, 6) is 0.529. The molecule has 0 fully saturated rings. The molecule has 0 radical (unpaired) electrons. The van der Waals surface area contributed by atoms with E-state index in [0.29, 0.717) is 28.1 Å². The van der Waals surface area contributed by atoms with Gasteiger partial charge in [-0.2, -0.15) is 15.5 Å². The maximum absolute atomic E-state index is 12.3. The van der Waals surface area contributed by atoms with Crippen molar-refractivity contribution in [3.8, 4) is 23.0 Å². The summed E-state index contributed by atoms with van der Waals surface area (Å²) in [5, 5.41) is 22.1. The third-order valence-corrected chi connectivity index (χ3v) is 4.71. The molecule has 0 spiro atoms. The minimum atomic E-state index is -0.118. The Morgan fingerprint density at radius 2 is 2.11 bits per heavy atom. The second kappa shape index (κ2) is 5.89. The number of benzene rings is 1. The van der Waals surface area contributed by atoms with E-state index in [4.69, 9.17) is 0 Å². The van der Waals surface area contributed by atoms with Crippen LogP contribution in [0, 0.1) is 18.3 Å². The van der Waals surface area contributed by atoms with Crippen LogP contribution in [0.25, 0.3) is 38.9 Å². The summed E-state index contributed by atoms with van der Waals surface area (Å²) in [6, 6.07) is 11.2. The summed E-state index contributed by atoms with van der Waals surface area (Å²) in [6.07, 6.45) is 4.95. The van der Waals surface area contributed by atoms with Crippen molar-refractivity contribution in [1.29, 1.82) is 5.26 Å². The first kappa shape index (κ1) is 16.0. The molecule has 5 aromatic rings. The number of aryl methyl sites for hydroxylation is 1. The van der Waals surface area contributed by atoms with E-state index >= 15 is 0 Å². The van der Waals surface area contributed by atoms with Gasteiger partial charge in [-0.1, -0.05) is 6.07 Å². The number of aromatic amines is 2. The van der Waals surface area contributed by atoms with Gasteiger partial charge in [0, 0.05) is 23.2 Å². The van der Waals surface area contributed by atoms with Gasteiger partial charge in [-0.05, 0) is 30.7 Å². The Morgan fingerprint density at radius 1 is 1.21 bits per heavy atom. The van der Waals surface area contributed by atoms with Gasteiger partial charge in [0.15, 0.2) is 11.2 Å². The van der Waals surface area contributed by atoms with Crippen molar-refractivity contribution < 1.29 is 0 Å². The number of hydrogen-bond acceptors (Lipinski definition) is 5. The predicted octanol–water partition coefficient (Wildman–Crippen LogP) is 2.83. The van der Waals surface area contributed by atoms with Crippen molar-refractivity contribution in [2.24, 2.45) is 0 Å². The van der Waals surface area contributed by atoms with Gasteiger partial charge in [-0.3, -0.25) is 9.89 Å². The Labute approximate surface area is 158 Å². The minimum Gasteiger partial charge on any atom is -0.346 e. The zero-order valence-electron chi connectivity index (χ0n) is 14.8. The molecule has 0 atom stereocenters. The number of pyridine rings is 2. The molecular formula is C20H13N7O. The molecule has 4 aromatic heterocycles. The third-order valence-electron chi connectivity index (χ3n) is 4.71. The topological polar surface area (TPSA) is 116 Å². The average Bonchev–Trinajstić information content (AvgIpc) is 3.32. The van der Waals surface area contributed by atoms with Gasteiger partial charge in [-0.15, -0.1) is 0 Å². The van der Waals surface area contributed by atoms with E-state index in [1.165, 1.54) is 6.07 Å². The Morgan fingerprint density at radius 3 is 2.93 bits per heavy atom. The van der Waals surface area contributed by atoms with Crippen molar-refractivity contribution >= 4 is 21.9 Å². The molecule has 0 amide bonds. The number of aromatic nitrogens is 6. The van der Waals surface area contributed by atoms with E-state index < -0.39 is 0 Å². The highest BCUT2D eigenvalue weighted by Gasteiger charge is 2.16. The average molecular weight is 367 g/mol. The molecule has 4 heterocycles. The fraction of sp³-hybridized carbons (Fsp3) is 0.0500. The molecule has 28 heavy (non-hydrogen) atoms. The van der Waals surface area contributed by atoms with Gasteiger partial charge >= 0.3 is 0 Å². The lowest BCUT2D eigenvalue weighted by atomic mass is 10.0. The van der Waals surface area contributed by atoms with Gasteiger partial charge < -0.3 is 4.98 Å². The Kier molecular flexibility index (Phi) is 3.36. The number of nitrogens with one attached hydrogen (secondary N) is 2. The van der Waals surface area contributed by atoms with Crippen LogP contribution in [0.15, 0.2) is 53.7 Å². The van der Waals surface area contributed by atoms with Crippen molar-refractivity contribution in [1.82, 2.24) is 29.9 Å². The van der Waals surface area contributed by atoms with Crippen molar-refractivity contribution in [2.45, 2.75) is 6.92 Å². The van der Waals surface area contributed by atoms with Crippen molar-refractivity contribution in [3.05, 3.63) is 70.4 Å². The lowest BCUT2D eigenvalue weighted by Crippen LogP contribution is -2.07. The summed E-state index contributed by atoms with van der Waals surface area (Å²) in [5.41, 5.74) is 3.95. The van der Waals surface area contributed by atoms with E-state index in [2.05, 4.69) is 31.3 Å². The highest BCUT2D eigenvalue weighted by Crippen LogP contribution is 2.30. The van der Waals surface area contributed by atoms with Crippen LogP contribution >= 0.6 is 0 Å². The standard InChI is InChI=1S/C20H13N7O/c1-11-14(8-21)10-27(26-11)20-15(7-16-18(28)4-5-22-19(16)24-20)12-2-3-17-13(6-12)9-23-25-17/h2-7,9-10H,1H3,(H,23,25)(H,22,24,28). The number of fused-ring (bicyclic) bond motifs is 2. The predicted molar refractivity (Wildman–Crippen MR) is 104 cm³/mol. The molecule has 8 nitrogen and oxygen atoms in total. The summed E-state index contributed by atoms with van der Waals surface area (Å²) in [6.45, 7) is 1.77. The highest BCUT2D eigenvalue weighted by molar-refractivity contribution is 5.89. The Balaban J connectivity index is 1.85. The Bertz CT molecular complexity index is 1470. The highest BCUT2D eigenvalue weighted by atomic mass is 16.1. The quantitative estimate of drug-likeness (QED) is 0.498. The lowest BCUT2D eigenvalue weighted by molar-refractivity contribution is 0.838. The molecule has 2 N–H and O–H groups in total. The number of nitrogens with zero attached hydrogens (tertiary/aromatic N) is 5. The Hall–Kier alpha value is -4.25. The molecule has 0 aliphatic carbocycles. The molecule has 0 aliphatic rings. The van der Waals surface area contributed by atoms with Crippen LogP contribution < -0.4 is 5.43 Å². The van der Waals surface area contributed by atoms with Gasteiger partial charge in [-0.25, -0.2) is 9.67 Å². The summed E-state index contributed by atoms with van der Waals surface area (Å²) in [7, 11) is 0. The molecule has 1 aromatic carbocycles. The SMILES string of the molecule is Cc1nn(-c2nc3[nH]ccc(=O)c3cc2-c2ccc3[nH]ncc3c2)cc1C#N. The third kappa shape index (κ3) is 2.38. The zero-order chi connectivity index (χ0) is 19.3. The molecule has 0 saturated carbocycles. The minimum absolute atomic E-state index is 0.118. The number of nitriles is 1. The fourth-order valence-electron chi connectivity index (χ4n) is 3.26. The number of rotatable bonds is 2. The van der Waals surface area contributed by atoms with Crippen molar-refractivity contribution in [2.75, 3.05) is 0 Å². The number of H-pyrrole nitrogens is 2. The van der Waals surface area contributed by atoms with E-state index in [1.54, 1.807) is 36.3 Å². The maximum atomic E-state index is 12.3.